The standard InChI is InChI=1S/C28H38N2O6/c1-8-12-29(22-16(4)10-9-11-17(22)5)25(33)23-28-13-18(6)27(7,36-28)21(26(34)35)20(28)24(32)30(23)19(14-31)15(2)3/h8-11,15,18-21,23,31H,1,12-14H2,2-7H3,(H,34,35)/t18?,19-,20-,21-,23?,27+,28?/m0/s1. The van der Waals surface area contributed by atoms with Crippen LogP contribution in [0, 0.1) is 37.5 Å². The van der Waals surface area contributed by atoms with Crippen molar-refractivity contribution in [3.05, 3.63) is 42.0 Å². The number of hydrogen-bond donors (Lipinski definition) is 2. The highest BCUT2D eigenvalue weighted by Crippen LogP contribution is 2.65. The predicted molar refractivity (Wildman–Crippen MR) is 135 cm³/mol. The zero-order valence-corrected chi connectivity index (χ0v) is 22.0. The zero-order chi connectivity index (χ0) is 26.7. The van der Waals surface area contributed by atoms with Crippen molar-refractivity contribution in [3.8, 4) is 0 Å². The van der Waals surface area contributed by atoms with Crippen LogP contribution < -0.4 is 4.90 Å². The average molecular weight is 499 g/mol. The van der Waals surface area contributed by atoms with E-state index >= 15 is 0 Å². The molecule has 3 fully saturated rings. The first-order chi connectivity index (χ1) is 16.9. The highest BCUT2D eigenvalue weighted by molar-refractivity contribution is 6.05. The first-order valence-corrected chi connectivity index (χ1v) is 12.7. The normalized spacial score (nSPS) is 33.7. The van der Waals surface area contributed by atoms with Crippen LogP contribution in [0.1, 0.15) is 45.2 Å². The van der Waals surface area contributed by atoms with Crippen LogP contribution in [0.15, 0.2) is 30.9 Å². The number of aliphatic hydroxyl groups excluding tert-OH is 1. The van der Waals surface area contributed by atoms with Crippen LogP contribution in [0.25, 0.3) is 0 Å². The largest absolute Gasteiger partial charge is 0.481 e. The Labute approximate surface area is 212 Å². The maximum absolute atomic E-state index is 14.6. The second kappa shape index (κ2) is 8.99. The summed E-state index contributed by atoms with van der Waals surface area (Å²) >= 11 is 0. The number of aliphatic carboxylic acids is 1. The van der Waals surface area contributed by atoms with Crippen molar-refractivity contribution in [2.45, 2.75) is 71.2 Å². The van der Waals surface area contributed by atoms with Crippen LogP contribution in [0.4, 0.5) is 5.69 Å². The number of benzene rings is 1. The Morgan fingerprint density at radius 3 is 2.42 bits per heavy atom. The number of anilines is 1. The Kier molecular flexibility index (Phi) is 6.58. The minimum atomic E-state index is -1.29. The molecule has 8 nitrogen and oxygen atoms in total. The summed E-state index contributed by atoms with van der Waals surface area (Å²) in [4.78, 5) is 44.3. The number of rotatable bonds is 8. The second-order valence-corrected chi connectivity index (χ2v) is 11.3. The van der Waals surface area contributed by atoms with Crippen LogP contribution in [0.3, 0.4) is 0 Å². The lowest BCUT2D eigenvalue weighted by atomic mass is 9.62. The highest BCUT2D eigenvalue weighted by Gasteiger charge is 2.80. The summed E-state index contributed by atoms with van der Waals surface area (Å²) < 4.78 is 6.59. The molecule has 3 aliphatic rings. The lowest BCUT2D eigenvalue weighted by Crippen LogP contribution is -2.60. The molecule has 0 saturated carbocycles. The third-order valence-electron chi connectivity index (χ3n) is 8.85. The third-order valence-corrected chi connectivity index (χ3v) is 8.85. The number of carboxylic acid groups (broad SMARTS) is 1. The van der Waals surface area contributed by atoms with Crippen molar-refractivity contribution in [1.29, 1.82) is 0 Å². The van der Waals surface area contributed by atoms with Gasteiger partial charge in [0.2, 0.25) is 5.91 Å². The number of carbonyl (C=O) groups is 3. The van der Waals surface area contributed by atoms with Crippen molar-refractivity contribution >= 4 is 23.5 Å². The van der Waals surface area contributed by atoms with Gasteiger partial charge in [-0.25, -0.2) is 0 Å². The molecule has 1 aromatic carbocycles. The van der Waals surface area contributed by atoms with E-state index in [0.29, 0.717) is 6.42 Å². The molecule has 2 amide bonds. The quantitative estimate of drug-likeness (QED) is 0.534. The number of carboxylic acids is 1. The predicted octanol–water partition coefficient (Wildman–Crippen LogP) is 2.93. The first-order valence-electron chi connectivity index (χ1n) is 12.7. The van der Waals surface area contributed by atoms with Crippen molar-refractivity contribution < 1.29 is 29.3 Å². The van der Waals surface area contributed by atoms with Crippen molar-refractivity contribution in [1.82, 2.24) is 4.90 Å². The van der Waals surface area contributed by atoms with E-state index in [1.54, 1.807) is 17.9 Å². The van der Waals surface area contributed by atoms with Gasteiger partial charge in [0.25, 0.3) is 5.91 Å². The molecule has 196 valence electrons. The molecule has 0 radical (unpaired) electrons. The maximum atomic E-state index is 14.6. The number of amides is 2. The lowest BCUT2D eigenvalue weighted by Gasteiger charge is -2.41. The summed E-state index contributed by atoms with van der Waals surface area (Å²) in [6.07, 6.45) is 2.03. The van der Waals surface area contributed by atoms with Gasteiger partial charge in [0.15, 0.2) is 0 Å². The minimum absolute atomic E-state index is 0.161. The van der Waals surface area contributed by atoms with E-state index in [0.717, 1.165) is 16.8 Å². The maximum Gasteiger partial charge on any atom is 0.310 e. The summed E-state index contributed by atoms with van der Waals surface area (Å²) in [6, 6.07) is 4.05. The number of ether oxygens (including phenoxy) is 1. The van der Waals surface area contributed by atoms with Gasteiger partial charge in [-0.2, -0.15) is 0 Å². The summed E-state index contributed by atoms with van der Waals surface area (Å²) in [7, 11) is 0. The SMILES string of the molecule is C=CCN(C(=O)C1N([C@@H](CO)C(C)C)C(=O)[C@@H]2[C@@H](C(=O)O)[C@]3(C)OC12CC3C)c1c(C)cccc1C. The molecule has 3 unspecified atom stereocenters. The van der Waals surface area contributed by atoms with Crippen LogP contribution >= 0.6 is 0 Å². The molecular formula is C28H38N2O6. The van der Waals surface area contributed by atoms with E-state index in [1.807, 2.05) is 52.8 Å². The fraction of sp³-hybridized carbons (Fsp3) is 0.607. The van der Waals surface area contributed by atoms with E-state index in [9.17, 15) is 24.6 Å². The van der Waals surface area contributed by atoms with E-state index in [4.69, 9.17) is 4.74 Å². The summed E-state index contributed by atoms with van der Waals surface area (Å²) in [5, 5.41) is 20.6. The van der Waals surface area contributed by atoms with E-state index in [2.05, 4.69) is 6.58 Å². The van der Waals surface area contributed by atoms with Gasteiger partial charge in [0.1, 0.15) is 17.6 Å². The van der Waals surface area contributed by atoms with E-state index in [-0.39, 0.29) is 30.9 Å². The molecule has 7 atom stereocenters. The molecular weight excluding hydrogens is 460 g/mol. The topological polar surface area (TPSA) is 107 Å². The Balaban J connectivity index is 1.93. The Bertz CT molecular complexity index is 1080. The molecule has 1 spiro atoms. The van der Waals surface area contributed by atoms with Gasteiger partial charge in [-0.1, -0.05) is 45.0 Å². The Hall–Kier alpha value is -2.71. The number of likely N-dealkylation sites (tertiary alicyclic amines) is 1. The van der Waals surface area contributed by atoms with Gasteiger partial charge in [0, 0.05) is 12.2 Å². The number of aryl methyl sites for hydroxylation is 2. The number of carbonyl (C=O) groups excluding carboxylic acids is 2. The molecule has 8 heteroatoms. The van der Waals surface area contributed by atoms with Crippen molar-refractivity contribution in [2.24, 2.45) is 23.7 Å². The minimum Gasteiger partial charge on any atom is -0.481 e. The van der Waals surface area contributed by atoms with Gasteiger partial charge < -0.3 is 24.7 Å². The third kappa shape index (κ3) is 3.44. The van der Waals surface area contributed by atoms with Gasteiger partial charge in [-0.05, 0) is 50.2 Å². The molecule has 4 rings (SSSR count). The lowest BCUT2D eigenvalue weighted by molar-refractivity contribution is -0.158. The van der Waals surface area contributed by atoms with Gasteiger partial charge in [-0.3, -0.25) is 14.4 Å². The number of nitrogens with zero attached hydrogens (tertiary/aromatic N) is 2. The fourth-order valence-corrected chi connectivity index (χ4v) is 7.11. The second-order valence-electron chi connectivity index (χ2n) is 11.3. The zero-order valence-electron chi connectivity index (χ0n) is 22.0. The van der Waals surface area contributed by atoms with Crippen LogP contribution in [-0.2, 0) is 19.1 Å². The molecule has 3 aliphatic heterocycles. The van der Waals surface area contributed by atoms with E-state index < -0.39 is 47.0 Å². The van der Waals surface area contributed by atoms with Crippen LogP contribution in [0.2, 0.25) is 0 Å². The van der Waals surface area contributed by atoms with Crippen molar-refractivity contribution in [3.63, 3.8) is 0 Å². The Morgan fingerprint density at radius 2 is 1.92 bits per heavy atom. The molecule has 36 heavy (non-hydrogen) atoms. The number of fused-ring (bicyclic) bond motifs is 1. The van der Waals surface area contributed by atoms with Crippen LogP contribution in [0.5, 0.6) is 0 Å². The molecule has 1 aromatic rings. The van der Waals surface area contributed by atoms with Gasteiger partial charge >= 0.3 is 5.97 Å². The number of hydrogen-bond acceptors (Lipinski definition) is 5. The smallest absolute Gasteiger partial charge is 0.310 e. The molecule has 0 aliphatic carbocycles. The summed E-state index contributed by atoms with van der Waals surface area (Å²) in [5.41, 5.74) is 0.187. The first kappa shape index (κ1) is 26.4. The monoisotopic (exact) mass is 498 g/mol. The van der Waals surface area contributed by atoms with Gasteiger partial charge in [-0.15, -0.1) is 6.58 Å². The van der Waals surface area contributed by atoms with Crippen molar-refractivity contribution in [2.75, 3.05) is 18.1 Å². The molecule has 3 saturated heterocycles. The summed E-state index contributed by atoms with van der Waals surface area (Å²) in [5.74, 6) is -4.27. The highest BCUT2D eigenvalue weighted by atomic mass is 16.5. The molecule has 0 aromatic heterocycles. The Morgan fingerprint density at radius 1 is 1.31 bits per heavy atom. The van der Waals surface area contributed by atoms with Gasteiger partial charge in [0.05, 0.1) is 24.2 Å². The number of para-hydroxylation sites is 1. The molecule has 3 heterocycles. The van der Waals surface area contributed by atoms with Crippen LogP contribution in [-0.4, -0.2) is 69.3 Å². The van der Waals surface area contributed by atoms with E-state index in [1.165, 1.54) is 4.90 Å². The fourth-order valence-electron chi connectivity index (χ4n) is 7.11. The summed E-state index contributed by atoms with van der Waals surface area (Å²) in [6.45, 7) is 15.0. The number of aliphatic hydroxyl groups is 1. The average Bonchev–Trinajstić information content (AvgIpc) is 3.30. The molecule has 2 N–H and O–H groups in total. The molecule has 2 bridgehead atoms.